The third kappa shape index (κ3) is 2.30. The molecule has 2 heterocycles. The SMILES string of the molecule is O[C@H]1CC(c2ccc(Br)s2)Oc2ccc(Cl)cc21. The molecule has 0 saturated heterocycles. The molecular formula is C13H10BrClO2S. The Kier molecular flexibility index (Phi) is 3.36. The van der Waals surface area contributed by atoms with Crippen LogP contribution in [-0.2, 0) is 0 Å². The Balaban J connectivity index is 1.94. The van der Waals surface area contributed by atoms with Crippen molar-refractivity contribution in [3.8, 4) is 5.75 Å². The van der Waals surface area contributed by atoms with Gasteiger partial charge in [-0.05, 0) is 46.3 Å². The van der Waals surface area contributed by atoms with E-state index in [0.29, 0.717) is 17.2 Å². The van der Waals surface area contributed by atoms with Crippen LogP contribution in [0.1, 0.15) is 29.1 Å². The molecule has 5 heteroatoms. The summed E-state index contributed by atoms with van der Waals surface area (Å²) in [5.41, 5.74) is 0.773. The summed E-state index contributed by atoms with van der Waals surface area (Å²) in [5.74, 6) is 0.715. The van der Waals surface area contributed by atoms with Gasteiger partial charge in [-0.25, -0.2) is 0 Å². The summed E-state index contributed by atoms with van der Waals surface area (Å²) in [5, 5.41) is 10.8. The zero-order valence-corrected chi connectivity index (χ0v) is 12.4. The second-order valence-corrected chi connectivity index (χ2v) is 7.11. The molecule has 1 aromatic heterocycles. The topological polar surface area (TPSA) is 29.5 Å². The van der Waals surface area contributed by atoms with E-state index < -0.39 is 6.10 Å². The summed E-state index contributed by atoms with van der Waals surface area (Å²) in [6, 6.07) is 9.37. The van der Waals surface area contributed by atoms with Crippen LogP contribution in [-0.4, -0.2) is 5.11 Å². The standard InChI is InChI=1S/C13H10BrClO2S/c14-13-4-3-12(18-13)11-6-9(16)8-5-7(15)1-2-10(8)17-11/h1-5,9,11,16H,6H2/t9-,11?/m0/s1. The van der Waals surface area contributed by atoms with Crippen LogP contribution < -0.4 is 4.74 Å². The minimum Gasteiger partial charge on any atom is -0.484 e. The highest BCUT2D eigenvalue weighted by molar-refractivity contribution is 9.11. The van der Waals surface area contributed by atoms with Crippen LogP contribution in [0.5, 0.6) is 5.75 Å². The van der Waals surface area contributed by atoms with Crippen LogP contribution in [0.25, 0.3) is 0 Å². The van der Waals surface area contributed by atoms with Gasteiger partial charge in [-0.1, -0.05) is 11.6 Å². The first kappa shape index (κ1) is 12.5. The zero-order valence-electron chi connectivity index (χ0n) is 9.27. The molecule has 94 valence electrons. The van der Waals surface area contributed by atoms with Gasteiger partial charge in [0.1, 0.15) is 11.9 Å². The van der Waals surface area contributed by atoms with Gasteiger partial charge in [0.05, 0.1) is 9.89 Å². The number of aliphatic hydroxyl groups excluding tert-OH is 1. The van der Waals surface area contributed by atoms with Crippen LogP contribution in [0.4, 0.5) is 0 Å². The van der Waals surface area contributed by atoms with Crippen LogP contribution in [0, 0.1) is 0 Å². The average molecular weight is 346 g/mol. The number of hydrogen-bond donors (Lipinski definition) is 1. The van der Waals surface area contributed by atoms with Crippen LogP contribution in [0.15, 0.2) is 34.1 Å². The summed E-state index contributed by atoms with van der Waals surface area (Å²) >= 11 is 11.0. The third-order valence-corrected chi connectivity index (χ3v) is 4.90. The van der Waals surface area contributed by atoms with Gasteiger partial charge in [0.25, 0.3) is 0 Å². The van der Waals surface area contributed by atoms with Crippen molar-refractivity contribution in [2.75, 3.05) is 0 Å². The van der Waals surface area contributed by atoms with Crippen molar-refractivity contribution < 1.29 is 9.84 Å². The van der Waals surface area contributed by atoms with E-state index in [4.69, 9.17) is 16.3 Å². The van der Waals surface area contributed by atoms with E-state index in [0.717, 1.165) is 14.2 Å². The molecule has 2 atom stereocenters. The van der Waals surface area contributed by atoms with Crippen molar-refractivity contribution in [2.45, 2.75) is 18.6 Å². The van der Waals surface area contributed by atoms with Gasteiger partial charge in [0.15, 0.2) is 0 Å². The van der Waals surface area contributed by atoms with Crippen molar-refractivity contribution in [2.24, 2.45) is 0 Å². The molecule has 0 bridgehead atoms. The first-order valence-corrected chi connectivity index (χ1v) is 7.51. The number of hydrogen-bond acceptors (Lipinski definition) is 3. The first-order chi connectivity index (χ1) is 8.63. The number of thiophene rings is 1. The lowest BCUT2D eigenvalue weighted by molar-refractivity contribution is 0.0674. The summed E-state index contributed by atoms with van der Waals surface area (Å²) in [7, 11) is 0. The molecule has 2 aromatic rings. The maximum Gasteiger partial charge on any atom is 0.136 e. The molecule has 1 N–H and O–H groups in total. The second-order valence-electron chi connectivity index (χ2n) is 4.18. The molecule has 0 fully saturated rings. The largest absolute Gasteiger partial charge is 0.484 e. The average Bonchev–Trinajstić information content (AvgIpc) is 2.77. The predicted molar refractivity (Wildman–Crippen MR) is 76.4 cm³/mol. The van der Waals surface area contributed by atoms with Crippen molar-refractivity contribution in [3.05, 3.63) is 49.6 Å². The molecule has 0 amide bonds. The van der Waals surface area contributed by atoms with Gasteiger partial charge in [-0.3, -0.25) is 0 Å². The van der Waals surface area contributed by atoms with Gasteiger partial charge in [-0.2, -0.15) is 0 Å². The molecular weight excluding hydrogens is 336 g/mol. The Morgan fingerprint density at radius 2 is 2.17 bits per heavy atom. The molecule has 0 saturated carbocycles. The second kappa shape index (κ2) is 4.85. The predicted octanol–water partition coefficient (Wildman–Crippen LogP) is 4.72. The molecule has 18 heavy (non-hydrogen) atoms. The first-order valence-electron chi connectivity index (χ1n) is 5.53. The number of rotatable bonds is 1. The number of halogens is 2. The van der Waals surface area contributed by atoms with E-state index in [1.54, 1.807) is 23.5 Å². The molecule has 1 aromatic carbocycles. The molecule has 0 aliphatic carbocycles. The molecule has 0 spiro atoms. The lowest BCUT2D eigenvalue weighted by Gasteiger charge is -2.29. The Hall–Kier alpha value is -0.550. The Labute approximate surface area is 122 Å². The molecule has 2 nitrogen and oxygen atoms in total. The van der Waals surface area contributed by atoms with Gasteiger partial charge in [0.2, 0.25) is 0 Å². The van der Waals surface area contributed by atoms with Crippen LogP contribution in [0.2, 0.25) is 5.02 Å². The smallest absolute Gasteiger partial charge is 0.136 e. The number of aliphatic hydroxyl groups is 1. The summed E-state index contributed by atoms with van der Waals surface area (Å²) in [4.78, 5) is 1.11. The van der Waals surface area contributed by atoms with Crippen LogP contribution >= 0.6 is 38.9 Å². The molecule has 3 rings (SSSR count). The third-order valence-electron chi connectivity index (χ3n) is 2.95. The summed E-state index contributed by atoms with van der Waals surface area (Å²) < 4.78 is 6.99. The normalized spacial score (nSPS) is 22.4. The highest BCUT2D eigenvalue weighted by Gasteiger charge is 2.29. The Morgan fingerprint density at radius 3 is 2.89 bits per heavy atom. The highest BCUT2D eigenvalue weighted by atomic mass is 79.9. The van der Waals surface area contributed by atoms with Gasteiger partial charge < -0.3 is 9.84 Å². The van der Waals surface area contributed by atoms with E-state index in [2.05, 4.69) is 15.9 Å². The number of ether oxygens (including phenoxy) is 1. The van der Waals surface area contributed by atoms with E-state index in [1.165, 1.54) is 0 Å². The highest BCUT2D eigenvalue weighted by Crippen LogP contribution is 2.43. The monoisotopic (exact) mass is 344 g/mol. The number of benzene rings is 1. The van der Waals surface area contributed by atoms with Gasteiger partial charge in [-0.15, -0.1) is 11.3 Å². The minimum atomic E-state index is -0.529. The van der Waals surface area contributed by atoms with Crippen molar-refractivity contribution in [1.29, 1.82) is 0 Å². The fourth-order valence-corrected chi connectivity index (χ4v) is 3.74. The Bertz CT molecular complexity index is 584. The maximum atomic E-state index is 10.2. The number of fused-ring (bicyclic) bond motifs is 1. The molecule has 1 unspecified atom stereocenters. The molecule has 0 radical (unpaired) electrons. The quantitative estimate of drug-likeness (QED) is 0.810. The maximum absolute atomic E-state index is 10.2. The fraction of sp³-hybridized carbons (Fsp3) is 0.231. The van der Waals surface area contributed by atoms with Gasteiger partial charge in [0, 0.05) is 21.9 Å². The molecule has 1 aliphatic rings. The lowest BCUT2D eigenvalue weighted by Crippen LogP contribution is -2.18. The van der Waals surface area contributed by atoms with E-state index in [1.807, 2.05) is 18.2 Å². The van der Waals surface area contributed by atoms with Crippen LogP contribution in [0.3, 0.4) is 0 Å². The van der Waals surface area contributed by atoms with E-state index >= 15 is 0 Å². The minimum absolute atomic E-state index is 0.0926. The summed E-state index contributed by atoms with van der Waals surface area (Å²) in [6.45, 7) is 0. The lowest BCUT2D eigenvalue weighted by atomic mass is 9.98. The van der Waals surface area contributed by atoms with Crippen molar-refractivity contribution >= 4 is 38.9 Å². The van der Waals surface area contributed by atoms with E-state index in [9.17, 15) is 5.11 Å². The molecule has 1 aliphatic heterocycles. The zero-order chi connectivity index (χ0) is 12.7. The Morgan fingerprint density at radius 1 is 1.33 bits per heavy atom. The van der Waals surface area contributed by atoms with Gasteiger partial charge >= 0.3 is 0 Å². The summed E-state index contributed by atoms with van der Waals surface area (Å²) in [6.07, 6.45) is -0.0661. The van der Waals surface area contributed by atoms with Crippen molar-refractivity contribution in [3.63, 3.8) is 0 Å². The fourth-order valence-electron chi connectivity index (χ4n) is 2.09. The van der Waals surface area contributed by atoms with E-state index in [-0.39, 0.29) is 6.10 Å². The van der Waals surface area contributed by atoms with Crippen molar-refractivity contribution in [1.82, 2.24) is 0 Å².